The van der Waals surface area contributed by atoms with Crippen LogP contribution >= 0.6 is 0 Å². The average Bonchev–Trinajstić information content (AvgIpc) is 2.54. The maximum atomic E-state index is 12.4. The molecule has 0 radical (unpaired) electrons. The number of esters is 1. The lowest BCUT2D eigenvalue weighted by molar-refractivity contribution is -0.147. The minimum atomic E-state index is -0.652. The molecule has 3 atom stereocenters. The van der Waals surface area contributed by atoms with Crippen LogP contribution in [-0.4, -0.2) is 31.6 Å². The normalized spacial score (nSPS) is 23.1. The van der Waals surface area contributed by atoms with Crippen molar-refractivity contribution in [2.45, 2.75) is 31.9 Å². The highest BCUT2D eigenvalue weighted by Gasteiger charge is 2.34. The number of nitrogens with one attached hydrogen (secondary N) is 1. The van der Waals surface area contributed by atoms with Crippen molar-refractivity contribution in [3.05, 3.63) is 35.9 Å². The molecule has 1 amide bonds. The first-order valence-corrected chi connectivity index (χ1v) is 7.18. The van der Waals surface area contributed by atoms with Crippen molar-refractivity contribution in [2.75, 3.05) is 13.7 Å². The molecule has 1 N–H and O–H groups in total. The molecule has 1 aromatic rings. The van der Waals surface area contributed by atoms with Crippen molar-refractivity contribution in [2.24, 2.45) is 5.92 Å². The Morgan fingerprint density at radius 1 is 1.33 bits per heavy atom. The highest BCUT2D eigenvalue weighted by atomic mass is 16.5. The fourth-order valence-corrected chi connectivity index (χ4v) is 2.58. The zero-order chi connectivity index (χ0) is 15.2. The predicted molar refractivity (Wildman–Crippen MR) is 77.5 cm³/mol. The molecule has 0 bridgehead atoms. The molecule has 1 fully saturated rings. The van der Waals surface area contributed by atoms with Crippen molar-refractivity contribution >= 4 is 11.9 Å². The summed E-state index contributed by atoms with van der Waals surface area (Å²) < 4.78 is 10.4. The van der Waals surface area contributed by atoms with Crippen molar-refractivity contribution < 1.29 is 19.1 Å². The predicted octanol–water partition coefficient (Wildman–Crippen LogP) is 1.83. The van der Waals surface area contributed by atoms with Gasteiger partial charge in [-0.05, 0) is 25.3 Å². The standard InChI is InChI=1S/C16H21NO4/c1-11(16(19)20-2)17-15(18)13-9-6-10-21-14(13)12-7-4-3-5-8-12/h3-5,7-8,11,13-14H,6,9-10H2,1-2H3,(H,17,18). The lowest BCUT2D eigenvalue weighted by atomic mass is 9.88. The summed E-state index contributed by atoms with van der Waals surface area (Å²) in [6, 6.07) is 9.06. The Labute approximate surface area is 124 Å². The topological polar surface area (TPSA) is 64.6 Å². The molecule has 0 aromatic heterocycles. The second-order valence-electron chi connectivity index (χ2n) is 5.20. The van der Waals surface area contributed by atoms with Gasteiger partial charge in [0.1, 0.15) is 6.04 Å². The van der Waals surface area contributed by atoms with E-state index >= 15 is 0 Å². The Morgan fingerprint density at radius 2 is 2.05 bits per heavy atom. The summed E-state index contributed by atoms with van der Waals surface area (Å²) in [5, 5.41) is 2.71. The number of benzene rings is 1. The van der Waals surface area contributed by atoms with Crippen LogP contribution in [-0.2, 0) is 19.1 Å². The molecular formula is C16H21NO4. The molecule has 1 aliphatic rings. The molecule has 2 rings (SSSR count). The van der Waals surface area contributed by atoms with Crippen molar-refractivity contribution in [3.63, 3.8) is 0 Å². The highest BCUT2D eigenvalue weighted by molar-refractivity contribution is 5.85. The summed E-state index contributed by atoms with van der Waals surface area (Å²) >= 11 is 0. The summed E-state index contributed by atoms with van der Waals surface area (Å²) in [5.41, 5.74) is 0.989. The number of ether oxygens (including phenoxy) is 2. The highest BCUT2D eigenvalue weighted by Crippen LogP contribution is 2.33. The van der Waals surface area contributed by atoms with Gasteiger partial charge in [-0.1, -0.05) is 30.3 Å². The third-order valence-electron chi connectivity index (χ3n) is 3.70. The average molecular weight is 291 g/mol. The minimum Gasteiger partial charge on any atom is -0.467 e. The number of carbonyl (C=O) groups excluding carboxylic acids is 2. The van der Waals surface area contributed by atoms with Crippen LogP contribution in [0.3, 0.4) is 0 Å². The molecule has 5 heteroatoms. The van der Waals surface area contributed by atoms with Crippen LogP contribution in [0.4, 0.5) is 0 Å². The SMILES string of the molecule is COC(=O)C(C)NC(=O)C1CCCOC1c1ccccc1. The largest absolute Gasteiger partial charge is 0.467 e. The quantitative estimate of drug-likeness (QED) is 0.860. The Bertz CT molecular complexity index is 488. The number of hydrogen-bond acceptors (Lipinski definition) is 4. The fraction of sp³-hybridized carbons (Fsp3) is 0.500. The number of carbonyl (C=O) groups is 2. The smallest absolute Gasteiger partial charge is 0.328 e. The van der Waals surface area contributed by atoms with E-state index in [0.29, 0.717) is 6.61 Å². The van der Waals surface area contributed by atoms with Gasteiger partial charge in [0.2, 0.25) is 5.91 Å². The van der Waals surface area contributed by atoms with E-state index in [1.165, 1.54) is 7.11 Å². The van der Waals surface area contributed by atoms with E-state index in [0.717, 1.165) is 18.4 Å². The number of rotatable bonds is 4. The van der Waals surface area contributed by atoms with Gasteiger partial charge in [-0.3, -0.25) is 4.79 Å². The van der Waals surface area contributed by atoms with Crippen LogP contribution in [0.5, 0.6) is 0 Å². The van der Waals surface area contributed by atoms with Gasteiger partial charge >= 0.3 is 5.97 Å². The Kier molecular flexibility index (Phi) is 5.33. The maximum Gasteiger partial charge on any atom is 0.328 e. The number of amides is 1. The molecule has 1 aliphatic heterocycles. The summed E-state index contributed by atoms with van der Waals surface area (Å²) in [4.78, 5) is 23.8. The molecule has 114 valence electrons. The molecule has 3 unspecified atom stereocenters. The first-order chi connectivity index (χ1) is 10.1. The van der Waals surface area contributed by atoms with Crippen molar-refractivity contribution in [3.8, 4) is 0 Å². The van der Waals surface area contributed by atoms with Crippen LogP contribution in [0.1, 0.15) is 31.4 Å². The van der Waals surface area contributed by atoms with Gasteiger partial charge in [0.25, 0.3) is 0 Å². The van der Waals surface area contributed by atoms with Crippen LogP contribution in [0, 0.1) is 5.92 Å². The van der Waals surface area contributed by atoms with Crippen LogP contribution in [0.2, 0.25) is 0 Å². The van der Waals surface area contributed by atoms with E-state index in [-0.39, 0.29) is 17.9 Å². The summed E-state index contributed by atoms with van der Waals surface area (Å²) in [6.45, 7) is 2.26. The second-order valence-corrected chi connectivity index (χ2v) is 5.20. The van der Waals surface area contributed by atoms with E-state index in [1.54, 1.807) is 6.92 Å². The zero-order valence-electron chi connectivity index (χ0n) is 12.4. The van der Waals surface area contributed by atoms with E-state index in [9.17, 15) is 9.59 Å². The third kappa shape index (κ3) is 3.82. The maximum absolute atomic E-state index is 12.4. The lowest BCUT2D eigenvalue weighted by Crippen LogP contribution is -2.45. The van der Waals surface area contributed by atoms with E-state index in [1.807, 2.05) is 30.3 Å². The summed E-state index contributed by atoms with van der Waals surface area (Å²) in [5.74, 6) is -0.897. The van der Waals surface area contributed by atoms with Crippen LogP contribution < -0.4 is 5.32 Å². The third-order valence-corrected chi connectivity index (χ3v) is 3.70. The van der Waals surface area contributed by atoms with Gasteiger partial charge in [-0.25, -0.2) is 4.79 Å². The second kappa shape index (κ2) is 7.22. The van der Waals surface area contributed by atoms with E-state index in [4.69, 9.17) is 4.74 Å². The fourth-order valence-electron chi connectivity index (χ4n) is 2.58. The molecule has 0 spiro atoms. The number of methoxy groups -OCH3 is 1. The van der Waals surface area contributed by atoms with Gasteiger partial charge < -0.3 is 14.8 Å². The molecule has 1 aromatic carbocycles. The Hall–Kier alpha value is -1.88. The molecule has 1 saturated heterocycles. The van der Waals surface area contributed by atoms with E-state index in [2.05, 4.69) is 10.1 Å². The minimum absolute atomic E-state index is 0.165. The van der Waals surface area contributed by atoms with Gasteiger partial charge in [-0.2, -0.15) is 0 Å². The Balaban J connectivity index is 2.08. The van der Waals surface area contributed by atoms with Crippen LogP contribution in [0.15, 0.2) is 30.3 Å². The molecule has 21 heavy (non-hydrogen) atoms. The summed E-state index contributed by atoms with van der Waals surface area (Å²) in [6.07, 6.45) is 1.33. The van der Waals surface area contributed by atoms with Gasteiger partial charge in [0, 0.05) is 6.61 Å². The Morgan fingerprint density at radius 3 is 2.71 bits per heavy atom. The molecule has 1 heterocycles. The zero-order valence-corrected chi connectivity index (χ0v) is 12.4. The van der Waals surface area contributed by atoms with Crippen molar-refractivity contribution in [1.82, 2.24) is 5.32 Å². The molecule has 5 nitrogen and oxygen atoms in total. The van der Waals surface area contributed by atoms with E-state index < -0.39 is 12.0 Å². The lowest BCUT2D eigenvalue weighted by Gasteiger charge is -2.31. The first-order valence-electron chi connectivity index (χ1n) is 7.18. The van der Waals surface area contributed by atoms with Crippen molar-refractivity contribution in [1.29, 1.82) is 0 Å². The van der Waals surface area contributed by atoms with Gasteiger partial charge in [-0.15, -0.1) is 0 Å². The number of hydrogen-bond donors (Lipinski definition) is 1. The summed E-state index contributed by atoms with van der Waals surface area (Å²) in [7, 11) is 1.31. The monoisotopic (exact) mass is 291 g/mol. The van der Waals surface area contributed by atoms with Gasteiger partial charge in [0.05, 0.1) is 19.1 Å². The van der Waals surface area contributed by atoms with Gasteiger partial charge in [0.15, 0.2) is 0 Å². The van der Waals surface area contributed by atoms with Crippen LogP contribution in [0.25, 0.3) is 0 Å². The molecular weight excluding hydrogens is 270 g/mol. The molecule has 0 saturated carbocycles. The first kappa shape index (κ1) is 15.5. The molecule has 0 aliphatic carbocycles.